The van der Waals surface area contributed by atoms with Gasteiger partial charge in [0.05, 0.1) is 10.2 Å². The average Bonchev–Trinajstić information content (AvgIpc) is 3.04. The summed E-state index contributed by atoms with van der Waals surface area (Å²) >= 11 is 3.28. The fourth-order valence-electron chi connectivity index (χ4n) is 2.84. The lowest BCUT2D eigenvalue weighted by Crippen LogP contribution is -2.11. The smallest absolute Gasteiger partial charge is 0.257 e. The van der Waals surface area contributed by atoms with Crippen molar-refractivity contribution >= 4 is 55.1 Å². The molecule has 0 radical (unpaired) electrons. The summed E-state index contributed by atoms with van der Waals surface area (Å²) < 4.78 is 1.07. The van der Waals surface area contributed by atoms with E-state index in [1.807, 2.05) is 36.4 Å². The summed E-state index contributed by atoms with van der Waals surface area (Å²) in [6.07, 6.45) is 0. The first-order valence-corrected chi connectivity index (χ1v) is 10.2. The first-order chi connectivity index (χ1) is 12.6. The first-order valence-electron chi connectivity index (χ1n) is 8.46. The van der Waals surface area contributed by atoms with E-state index in [0.717, 1.165) is 21.0 Å². The summed E-state index contributed by atoms with van der Waals surface area (Å²) in [7, 11) is 0. The van der Waals surface area contributed by atoms with E-state index in [-0.39, 0.29) is 5.91 Å². The van der Waals surface area contributed by atoms with Crippen molar-refractivity contribution in [3.8, 4) is 0 Å². The summed E-state index contributed by atoms with van der Waals surface area (Å²) in [5.41, 5.74) is 1.58. The standard InChI is InChI=1S/C21H18N2OS2/c1-13(2)25-16-10-7-15(8-11-16)20(24)23-21-22-19-17-6-4-3-5-14(17)9-12-18(19)26-21/h3-13H,1-2H3,(H,22,23,24). The van der Waals surface area contributed by atoms with Crippen molar-refractivity contribution < 1.29 is 4.79 Å². The van der Waals surface area contributed by atoms with Gasteiger partial charge in [-0.05, 0) is 35.7 Å². The number of carbonyl (C=O) groups excluding carboxylic acids is 1. The number of carbonyl (C=O) groups is 1. The highest BCUT2D eigenvalue weighted by Gasteiger charge is 2.12. The molecule has 26 heavy (non-hydrogen) atoms. The van der Waals surface area contributed by atoms with Gasteiger partial charge >= 0.3 is 0 Å². The molecule has 1 N–H and O–H groups in total. The molecule has 0 spiro atoms. The number of nitrogens with zero attached hydrogens (tertiary/aromatic N) is 1. The quantitative estimate of drug-likeness (QED) is 0.430. The predicted molar refractivity (Wildman–Crippen MR) is 113 cm³/mol. The first kappa shape index (κ1) is 17.1. The normalized spacial score (nSPS) is 11.3. The maximum atomic E-state index is 12.5. The van der Waals surface area contributed by atoms with Crippen LogP contribution in [0.3, 0.4) is 0 Å². The van der Waals surface area contributed by atoms with E-state index in [1.54, 1.807) is 11.8 Å². The Hall–Kier alpha value is -2.37. The van der Waals surface area contributed by atoms with Crippen molar-refractivity contribution in [1.29, 1.82) is 0 Å². The van der Waals surface area contributed by atoms with Crippen molar-refractivity contribution in [2.45, 2.75) is 24.0 Å². The third-order valence-electron chi connectivity index (χ3n) is 3.99. The van der Waals surface area contributed by atoms with Gasteiger partial charge in [-0.2, -0.15) is 0 Å². The van der Waals surface area contributed by atoms with Gasteiger partial charge in [0, 0.05) is 21.1 Å². The largest absolute Gasteiger partial charge is 0.298 e. The molecule has 130 valence electrons. The molecule has 0 saturated carbocycles. The fraction of sp³-hybridized carbons (Fsp3) is 0.143. The number of thioether (sulfide) groups is 1. The minimum absolute atomic E-state index is 0.130. The number of hydrogen-bond acceptors (Lipinski definition) is 4. The van der Waals surface area contributed by atoms with Crippen LogP contribution >= 0.6 is 23.1 Å². The second-order valence-corrected chi connectivity index (χ2v) is 8.98. The maximum Gasteiger partial charge on any atom is 0.257 e. The number of benzene rings is 3. The minimum atomic E-state index is -0.130. The highest BCUT2D eigenvalue weighted by molar-refractivity contribution is 7.99. The summed E-state index contributed by atoms with van der Waals surface area (Å²) in [6.45, 7) is 4.31. The van der Waals surface area contributed by atoms with E-state index in [0.29, 0.717) is 15.9 Å². The molecule has 0 saturated heterocycles. The van der Waals surface area contributed by atoms with E-state index in [1.165, 1.54) is 16.2 Å². The van der Waals surface area contributed by atoms with Crippen LogP contribution in [0.4, 0.5) is 5.13 Å². The molecular formula is C21H18N2OS2. The second kappa shape index (κ2) is 7.09. The lowest BCUT2D eigenvalue weighted by Gasteiger charge is -2.06. The molecule has 1 aromatic heterocycles. The highest BCUT2D eigenvalue weighted by Crippen LogP contribution is 2.32. The Morgan fingerprint density at radius 2 is 1.81 bits per heavy atom. The van der Waals surface area contributed by atoms with Crippen molar-refractivity contribution in [1.82, 2.24) is 4.98 Å². The third kappa shape index (κ3) is 3.45. The molecule has 4 rings (SSSR count). The lowest BCUT2D eigenvalue weighted by molar-refractivity contribution is 0.102. The van der Waals surface area contributed by atoms with Crippen LogP contribution in [-0.4, -0.2) is 16.1 Å². The number of amides is 1. The van der Waals surface area contributed by atoms with Crippen molar-refractivity contribution in [3.63, 3.8) is 0 Å². The van der Waals surface area contributed by atoms with Gasteiger partial charge in [0.2, 0.25) is 0 Å². The molecule has 0 aliphatic heterocycles. The van der Waals surface area contributed by atoms with Gasteiger partial charge < -0.3 is 0 Å². The molecule has 3 nitrogen and oxygen atoms in total. The Kier molecular flexibility index (Phi) is 4.66. The SMILES string of the molecule is CC(C)Sc1ccc(C(=O)Nc2nc3c(ccc4ccccc43)s2)cc1. The minimum Gasteiger partial charge on any atom is -0.298 e. The molecule has 0 fully saturated rings. The van der Waals surface area contributed by atoms with Crippen LogP contribution in [0.15, 0.2) is 65.6 Å². The van der Waals surface area contributed by atoms with Gasteiger partial charge in [0.15, 0.2) is 5.13 Å². The summed E-state index contributed by atoms with van der Waals surface area (Å²) in [5.74, 6) is -0.130. The van der Waals surface area contributed by atoms with E-state index >= 15 is 0 Å². The molecule has 0 aliphatic rings. The van der Waals surface area contributed by atoms with Gasteiger partial charge in [-0.25, -0.2) is 4.98 Å². The second-order valence-electron chi connectivity index (χ2n) is 6.30. The topological polar surface area (TPSA) is 42.0 Å². The molecule has 1 heterocycles. The molecular weight excluding hydrogens is 360 g/mol. The molecule has 4 aromatic rings. The van der Waals surface area contributed by atoms with E-state index in [4.69, 9.17) is 0 Å². The van der Waals surface area contributed by atoms with Crippen LogP contribution in [0.5, 0.6) is 0 Å². The summed E-state index contributed by atoms with van der Waals surface area (Å²) in [5, 5.41) is 6.34. The van der Waals surface area contributed by atoms with E-state index < -0.39 is 0 Å². The molecule has 0 bridgehead atoms. The zero-order valence-electron chi connectivity index (χ0n) is 14.5. The highest BCUT2D eigenvalue weighted by atomic mass is 32.2. The monoisotopic (exact) mass is 378 g/mol. The molecule has 3 aromatic carbocycles. The molecule has 0 unspecified atom stereocenters. The van der Waals surface area contributed by atoms with Crippen LogP contribution in [0.1, 0.15) is 24.2 Å². The van der Waals surface area contributed by atoms with E-state index in [9.17, 15) is 4.79 Å². The van der Waals surface area contributed by atoms with Crippen LogP contribution < -0.4 is 5.32 Å². The zero-order chi connectivity index (χ0) is 18.1. The molecule has 1 amide bonds. The number of nitrogens with one attached hydrogen (secondary N) is 1. The van der Waals surface area contributed by atoms with Crippen molar-refractivity contribution in [2.75, 3.05) is 5.32 Å². The number of thiazole rings is 1. The molecule has 0 atom stereocenters. The van der Waals surface area contributed by atoms with E-state index in [2.05, 4.69) is 48.4 Å². The van der Waals surface area contributed by atoms with Gasteiger partial charge in [0.25, 0.3) is 5.91 Å². The van der Waals surface area contributed by atoms with Crippen molar-refractivity contribution in [2.24, 2.45) is 0 Å². The zero-order valence-corrected chi connectivity index (χ0v) is 16.2. The van der Waals surface area contributed by atoms with Gasteiger partial charge in [-0.15, -0.1) is 11.8 Å². The molecule has 0 aliphatic carbocycles. The Morgan fingerprint density at radius 1 is 1.04 bits per heavy atom. The van der Waals surface area contributed by atoms with Crippen LogP contribution in [0.25, 0.3) is 21.0 Å². The number of anilines is 1. The van der Waals surface area contributed by atoms with Crippen molar-refractivity contribution in [3.05, 3.63) is 66.2 Å². The summed E-state index contributed by atoms with van der Waals surface area (Å²) in [6, 6.07) is 20.0. The molecule has 5 heteroatoms. The maximum absolute atomic E-state index is 12.5. The number of aromatic nitrogens is 1. The summed E-state index contributed by atoms with van der Waals surface area (Å²) in [4.78, 5) is 18.4. The van der Waals surface area contributed by atoms with Gasteiger partial charge in [-0.3, -0.25) is 10.1 Å². The Morgan fingerprint density at radius 3 is 2.58 bits per heavy atom. The fourth-order valence-corrected chi connectivity index (χ4v) is 4.56. The van der Waals surface area contributed by atoms with Crippen LogP contribution in [-0.2, 0) is 0 Å². The number of hydrogen-bond donors (Lipinski definition) is 1. The Balaban J connectivity index is 1.58. The number of rotatable bonds is 4. The number of fused-ring (bicyclic) bond motifs is 3. The van der Waals surface area contributed by atoms with Crippen LogP contribution in [0, 0.1) is 0 Å². The van der Waals surface area contributed by atoms with Gasteiger partial charge in [-0.1, -0.05) is 55.5 Å². The van der Waals surface area contributed by atoms with Crippen LogP contribution in [0.2, 0.25) is 0 Å². The average molecular weight is 379 g/mol. The Bertz CT molecular complexity index is 1080. The Labute approximate surface area is 160 Å². The van der Waals surface area contributed by atoms with Gasteiger partial charge in [0.1, 0.15) is 0 Å². The lowest BCUT2D eigenvalue weighted by atomic mass is 10.1. The third-order valence-corrected chi connectivity index (χ3v) is 5.94. The predicted octanol–water partition coefficient (Wildman–Crippen LogP) is 6.20.